The second-order valence-electron chi connectivity index (χ2n) is 5.99. The van der Waals surface area contributed by atoms with Crippen molar-refractivity contribution in [2.24, 2.45) is 7.05 Å². The van der Waals surface area contributed by atoms with Crippen molar-refractivity contribution in [3.63, 3.8) is 0 Å². The number of methoxy groups -OCH3 is 3. The normalized spacial score (nSPS) is 15.7. The Hall–Kier alpha value is -2.68. The first-order chi connectivity index (χ1) is 12.9. The number of benzene rings is 1. The minimum atomic E-state index is -0.468. The Morgan fingerprint density at radius 2 is 1.78 bits per heavy atom. The van der Waals surface area contributed by atoms with E-state index in [1.165, 1.54) is 33.1 Å². The molecule has 0 radical (unpaired) electrons. The first kappa shape index (κ1) is 19.1. The molecule has 0 fully saturated rings. The Bertz CT molecular complexity index is 932. The number of carbonyl (C=O) groups is 1. The van der Waals surface area contributed by atoms with Crippen LogP contribution in [0.2, 0.25) is 0 Å². The number of aromatic nitrogens is 2. The molecule has 0 spiro atoms. The van der Waals surface area contributed by atoms with Gasteiger partial charge in [-0.2, -0.15) is 4.98 Å². The number of nitrogens with zero attached hydrogens (tertiary/aromatic N) is 2. The number of hydrogen-bond acceptors (Lipinski definition) is 7. The van der Waals surface area contributed by atoms with Gasteiger partial charge in [-0.25, -0.2) is 0 Å². The summed E-state index contributed by atoms with van der Waals surface area (Å²) in [5.41, 5.74) is 0.812. The van der Waals surface area contributed by atoms with Crippen molar-refractivity contribution in [2.75, 3.05) is 32.9 Å². The Balaban J connectivity index is 2.25. The van der Waals surface area contributed by atoms with Crippen molar-refractivity contribution in [3.8, 4) is 17.2 Å². The Morgan fingerprint density at radius 1 is 1.15 bits per heavy atom. The number of amides is 1. The van der Waals surface area contributed by atoms with E-state index in [1.54, 1.807) is 23.7 Å². The lowest BCUT2D eigenvalue weighted by Gasteiger charge is -2.28. The van der Waals surface area contributed by atoms with Gasteiger partial charge in [0.05, 0.1) is 26.9 Å². The third kappa shape index (κ3) is 3.23. The fourth-order valence-electron chi connectivity index (χ4n) is 3.31. The molecule has 0 unspecified atom stereocenters. The SMILES string of the molecule is COc1cc([C@@H]2CC(=O)Nc3c2c(=O)nc(SC)n3C)cc(OC)c1OC. The van der Waals surface area contributed by atoms with E-state index in [4.69, 9.17) is 14.2 Å². The number of ether oxygens (including phenoxy) is 3. The van der Waals surface area contributed by atoms with Gasteiger partial charge in [0.25, 0.3) is 5.56 Å². The van der Waals surface area contributed by atoms with Gasteiger partial charge in [0.15, 0.2) is 16.7 Å². The van der Waals surface area contributed by atoms with Gasteiger partial charge in [-0.1, -0.05) is 11.8 Å². The molecule has 0 aliphatic carbocycles. The van der Waals surface area contributed by atoms with Crippen LogP contribution in [0.5, 0.6) is 17.2 Å². The summed E-state index contributed by atoms with van der Waals surface area (Å²) in [6, 6.07) is 3.52. The summed E-state index contributed by atoms with van der Waals surface area (Å²) in [7, 11) is 6.34. The second-order valence-corrected chi connectivity index (χ2v) is 6.76. The van der Waals surface area contributed by atoms with Crippen molar-refractivity contribution in [1.82, 2.24) is 9.55 Å². The minimum absolute atomic E-state index is 0.126. The van der Waals surface area contributed by atoms with Gasteiger partial charge >= 0.3 is 0 Å². The van der Waals surface area contributed by atoms with Crippen molar-refractivity contribution in [2.45, 2.75) is 17.5 Å². The molecule has 0 saturated heterocycles. The zero-order valence-corrected chi connectivity index (χ0v) is 16.6. The molecular formula is C18H21N3O5S. The Kier molecular flexibility index (Phi) is 5.31. The van der Waals surface area contributed by atoms with E-state index in [9.17, 15) is 9.59 Å². The molecular weight excluding hydrogens is 370 g/mol. The number of fused-ring (bicyclic) bond motifs is 1. The van der Waals surface area contributed by atoms with Crippen LogP contribution < -0.4 is 25.1 Å². The van der Waals surface area contributed by atoms with Crippen LogP contribution in [-0.2, 0) is 11.8 Å². The van der Waals surface area contributed by atoms with E-state index in [2.05, 4.69) is 10.3 Å². The molecule has 0 bridgehead atoms. The van der Waals surface area contributed by atoms with Gasteiger partial charge in [0, 0.05) is 19.4 Å². The van der Waals surface area contributed by atoms with E-state index in [0.29, 0.717) is 33.8 Å². The van der Waals surface area contributed by atoms with Crippen LogP contribution >= 0.6 is 11.8 Å². The molecule has 1 aromatic heterocycles. The molecule has 1 amide bonds. The molecule has 1 atom stereocenters. The zero-order chi connectivity index (χ0) is 19.7. The number of nitrogens with one attached hydrogen (secondary N) is 1. The molecule has 144 valence electrons. The van der Waals surface area contributed by atoms with Crippen LogP contribution in [0.1, 0.15) is 23.5 Å². The molecule has 2 aromatic rings. The summed E-state index contributed by atoms with van der Waals surface area (Å²) in [6.07, 6.45) is 1.96. The zero-order valence-electron chi connectivity index (χ0n) is 15.8. The average molecular weight is 391 g/mol. The summed E-state index contributed by atoms with van der Waals surface area (Å²) < 4.78 is 17.9. The molecule has 1 aliphatic rings. The Labute approximate surface area is 160 Å². The quantitative estimate of drug-likeness (QED) is 0.616. The number of anilines is 1. The third-order valence-corrected chi connectivity index (χ3v) is 5.30. The van der Waals surface area contributed by atoms with Gasteiger partial charge in [-0.3, -0.25) is 9.59 Å². The first-order valence-electron chi connectivity index (χ1n) is 8.19. The summed E-state index contributed by atoms with van der Waals surface area (Å²) >= 11 is 1.34. The van der Waals surface area contributed by atoms with Crippen LogP contribution in [-0.4, -0.2) is 43.0 Å². The van der Waals surface area contributed by atoms with Crippen LogP contribution in [0.4, 0.5) is 5.82 Å². The standard InChI is InChI=1S/C18H21N3O5S/c1-21-16-14(17(23)20-18(21)27-5)10(8-13(22)19-16)9-6-11(24-2)15(26-4)12(7-9)25-3/h6-7,10H,8H2,1-5H3,(H,19,22)/t10-/m0/s1. The molecule has 3 rings (SSSR count). The molecule has 2 heterocycles. The maximum absolute atomic E-state index is 12.7. The molecule has 1 aromatic carbocycles. The van der Waals surface area contributed by atoms with E-state index >= 15 is 0 Å². The maximum atomic E-state index is 12.7. The lowest BCUT2D eigenvalue weighted by Crippen LogP contribution is -2.33. The minimum Gasteiger partial charge on any atom is -0.493 e. The van der Waals surface area contributed by atoms with E-state index in [0.717, 1.165) is 5.56 Å². The van der Waals surface area contributed by atoms with Crippen LogP contribution in [0.25, 0.3) is 0 Å². The van der Waals surface area contributed by atoms with Crippen LogP contribution in [0.3, 0.4) is 0 Å². The number of carbonyl (C=O) groups excluding carboxylic acids is 1. The fraction of sp³-hybridized carbons (Fsp3) is 0.389. The van der Waals surface area contributed by atoms with Crippen molar-refractivity contribution >= 4 is 23.5 Å². The molecule has 27 heavy (non-hydrogen) atoms. The highest BCUT2D eigenvalue weighted by Crippen LogP contribution is 2.43. The average Bonchev–Trinajstić information content (AvgIpc) is 2.68. The lowest BCUT2D eigenvalue weighted by molar-refractivity contribution is -0.116. The van der Waals surface area contributed by atoms with E-state index < -0.39 is 5.92 Å². The molecule has 1 aliphatic heterocycles. The van der Waals surface area contributed by atoms with Gasteiger partial charge in [0.2, 0.25) is 11.7 Å². The van der Waals surface area contributed by atoms with Crippen molar-refractivity contribution in [3.05, 3.63) is 33.6 Å². The summed E-state index contributed by atoms with van der Waals surface area (Å²) in [4.78, 5) is 29.3. The predicted octanol–water partition coefficient (Wildman–Crippen LogP) is 2.00. The highest BCUT2D eigenvalue weighted by atomic mass is 32.2. The summed E-state index contributed by atoms with van der Waals surface area (Å²) in [5.74, 6) is 1.20. The van der Waals surface area contributed by atoms with Gasteiger partial charge in [-0.05, 0) is 24.0 Å². The Morgan fingerprint density at radius 3 is 2.30 bits per heavy atom. The van der Waals surface area contributed by atoms with Gasteiger partial charge in [-0.15, -0.1) is 0 Å². The third-order valence-electron chi connectivity index (χ3n) is 4.57. The number of thioether (sulfide) groups is 1. The molecule has 0 saturated carbocycles. The first-order valence-corrected chi connectivity index (χ1v) is 9.42. The fourth-order valence-corrected chi connectivity index (χ4v) is 3.84. The highest BCUT2D eigenvalue weighted by Gasteiger charge is 2.33. The monoisotopic (exact) mass is 391 g/mol. The number of hydrogen-bond donors (Lipinski definition) is 1. The molecule has 9 heteroatoms. The van der Waals surface area contributed by atoms with Crippen LogP contribution in [0.15, 0.2) is 22.1 Å². The predicted molar refractivity (Wildman–Crippen MR) is 102 cm³/mol. The van der Waals surface area contributed by atoms with Gasteiger partial charge in [0.1, 0.15) is 5.82 Å². The van der Waals surface area contributed by atoms with E-state index in [-0.39, 0.29) is 17.9 Å². The topological polar surface area (TPSA) is 91.7 Å². The molecule has 1 N–H and O–H groups in total. The lowest BCUT2D eigenvalue weighted by atomic mass is 9.86. The number of rotatable bonds is 5. The van der Waals surface area contributed by atoms with Crippen LogP contribution in [0, 0.1) is 0 Å². The smallest absolute Gasteiger partial charge is 0.279 e. The van der Waals surface area contributed by atoms with E-state index in [1.807, 2.05) is 6.26 Å². The highest BCUT2D eigenvalue weighted by molar-refractivity contribution is 7.98. The largest absolute Gasteiger partial charge is 0.493 e. The second kappa shape index (κ2) is 7.51. The summed E-state index contributed by atoms with van der Waals surface area (Å²) in [6.45, 7) is 0. The van der Waals surface area contributed by atoms with Gasteiger partial charge < -0.3 is 24.1 Å². The maximum Gasteiger partial charge on any atom is 0.279 e. The van der Waals surface area contributed by atoms with Crippen molar-refractivity contribution < 1.29 is 19.0 Å². The summed E-state index contributed by atoms with van der Waals surface area (Å²) in [5, 5.41) is 3.34. The van der Waals surface area contributed by atoms with Crippen molar-refractivity contribution in [1.29, 1.82) is 0 Å². The molecule has 8 nitrogen and oxygen atoms in total.